The SMILES string of the molecule is CC1(C)C[C@@H](NC(=O)c2cccc(F)c2)C[C@@](C)(CNC(=O)c2cccc(F)c2)C1. The summed E-state index contributed by atoms with van der Waals surface area (Å²) in [5, 5.41) is 5.95. The third-order valence-corrected chi connectivity index (χ3v) is 5.63. The molecule has 1 fully saturated rings. The minimum atomic E-state index is -0.451. The number of benzene rings is 2. The van der Waals surface area contributed by atoms with E-state index in [0.29, 0.717) is 18.5 Å². The molecule has 1 aliphatic rings. The van der Waals surface area contributed by atoms with Crippen LogP contribution in [0.25, 0.3) is 0 Å². The molecule has 2 aromatic carbocycles. The van der Waals surface area contributed by atoms with E-state index in [9.17, 15) is 18.4 Å². The second-order valence-corrected chi connectivity index (χ2v) is 9.43. The van der Waals surface area contributed by atoms with E-state index in [0.717, 1.165) is 12.8 Å². The molecule has 0 heterocycles. The van der Waals surface area contributed by atoms with Crippen molar-refractivity contribution in [2.45, 2.75) is 46.1 Å². The molecule has 0 radical (unpaired) electrons. The smallest absolute Gasteiger partial charge is 0.251 e. The molecule has 1 saturated carbocycles. The number of amides is 2. The molecule has 0 spiro atoms. The molecule has 160 valence electrons. The fourth-order valence-corrected chi connectivity index (χ4v) is 4.79. The Hall–Kier alpha value is -2.76. The molecule has 0 aliphatic heterocycles. The molecule has 30 heavy (non-hydrogen) atoms. The van der Waals surface area contributed by atoms with Gasteiger partial charge in [-0.1, -0.05) is 32.9 Å². The van der Waals surface area contributed by atoms with E-state index in [1.165, 1.54) is 36.4 Å². The molecule has 6 heteroatoms. The maximum Gasteiger partial charge on any atom is 0.251 e. The van der Waals surface area contributed by atoms with E-state index < -0.39 is 11.6 Å². The van der Waals surface area contributed by atoms with E-state index in [1.54, 1.807) is 12.1 Å². The zero-order valence-electron chi connectivity index (χ0n) is 17.6. The maximum atomic E-state index is 13.4. The van der Waals surface area contributed by atoms with Gasteiger partial charge in [-0.25, -0.2) is 8.78 Å². The molecule has 2 amide bonds. The van der Waals surface area contributed by atoms with Gasteiger partial charge in [-0.05, 0) is 66.5 Å². The number of carbonyl (C=O) groups excluding carboxylic acids is 2. The van der Waals surface area contributed by atoms with Crippen LogP contribution < -0.4 is 10.6 Å². The Morgan fingerprint density at radius 2 is 1.50 bits per heavy atom. The number of carbonyl (C=O) groups is 2. The first-order chi connectivity index (χ1) is 14.1. The van der Waals surface area contributed by atoms with E-state index in [2.05, 4.69) is 31.4 Å². The second kappa shape index (κ2) is 8.54. The molecule has 2 atom stereocenters. The lowest BCUT2D eigenvalue weighted by atomic mass is 9.62. The van der Waals surface area contributed by atoms with Crippen LogP contribution in [0.2, 0.25) is 0 Å². The van der Waals surface area contributed by atoms with Crippen molar-refractivity contribution in [3.05, 3.63) is 71.3 Å². The quantitative estimate of drug-likeness (QED) is 0.745. The topological polar surface area (TPSA) is 58.2 Å². The molecule has 0 saturated heterocycles. The van der Waals surface area contributed by atoms with Gasteiger partial charge in [0.15, 0.2) is 0 Å². The Morgan fingerprint density at radius 1 is 0.933 bits per heavy atom. The van der Waals surface area contributed by atoms with Crippen LogP contribution in [0.5, 0.6) is 0 Å². The first-order valence-electron chi connectivity index (χ1n) is 10.2. The van der Waals surface area contributed by atoms with Crippen LogP contribution in [0.1, 0.15) is 60.7 Å². The average molecular weight is 414 g/mol. The molecule has 2 N–H and O–H groups in total. The Bertz CT molecular complexity index is 944. The second-order valence-electron chi connectivity index (χ2n) is 9.43. The number of halogens is 2. The summed E-state index contributed by atoms with van der Waals surface area (Å²) in [4.78, 5) is 25.0. The normalized spacial score (nSPS) is 22.9. The molecule has 1 aliphatic carbocycles. The zero-order valence-corrected chi connectivity index (χ0v) is 17.6. The van der Waals surface area contributed by atoms with Gasteiger partial charge >= 0.3 is 0 Å². The first-order valence-corrected chi connectivity index (χ1v) is 10.2. The van der Waals surface area contributed by atoms with Crippen LogP contribution in [0.15, 0.2) is 48.5 Å². The van der Waals surface area contributed by atoms with E-state index >= 15 is 0 Å². The fraction of sp³-hybridized carbons (Fsp3) is 0.417. The molecule has 4 nitrogen and oxygen atoms in total. The van der Waals surface area contributed by atoms with Gasteiger partial charge < -0.3 is 10.6 Å². The molecule has 0 bridgehead atoms. The molecule has 3 rings (SSSR count). The van der Waals surface area contributed by atoms with Gasteiger partial charge in [0.25, 0.3) is 11.8 Å². The standard InChI is InChI=1S/C24H28F2N2O2/c1-23(2)12-20(28-22(30)17-7-5-9-19(26)11-17)13-24(3,14-23)15-27-21(29)16-6-4-8-18(25)10-16/h4-11,20H,12-15H2,1-3H3,(H,27,29)(H,28,30)/t20-,24-/m1/s1. The monoisotopic (exact) mass is 414 g/mol. The van der Waals surface area contributed by atoms with Crippen LogP contribution in [0, 0.1) is 22.5 Å². The zero-order chi connectivity index (χ0) is 21.9. The average Bonchev–Trinajstić information content (AvgIpc) is 2.64. The van der Waals surface area contributed by atoms with Gasteiger partial charge in [-0.3, -0.25) is 9.59 Å². The maximum absolute atomic E-state index is 13.4. The minimum absolute atomic E-state index is 0.0452. The van der Waals surface area contributed by atoms with Gasteiger partial charge in [-0.15, -0.1) is 0 Å². The third kappa shape index (κ3) is 5.65. The highest BCUT2D eigenvalue weighted by atomic mass is 19.1. The summed E-state index contributed by atoms with van der Waals surface area (Å²) in [5.41, 5.74) is 0.283. The van der Waals surface area contributed by atoms with Gasteiger partial charge in [-0.2, -0.15) is 0 Å². The van der Waals surface area contributed by atoms with Crippen LogP contribution >= 0.6 is 0 Å². The van der Waals surface area contributed by atoms with Crippen LogP contribution in [0.3, 0.4) is 0 Å². The van der Waals surface area contributed by atoms with Crippen molar-refractivity contribution in [3.63, 3.8) is 0 Å². The number of hydrogen-bond donors (Lipinski definition) is 2. The lowest BCUT2D eigenvalue weighted by Gasteiger charge is -2.47. The highest BCUT2D eigenvalue weighted by Gasteiger charge is 2.42. The fourth-order valence-electron chi connectivity index (χ4n) is 4.79. The van der Waals surface area contributed by atoms with E-state index in [1.807, 2.05) is 0 Å². The summed E-state index contributed by atoms with van der Waals surface area (Å²) in [7, 11) is 0. The highest BCUT2D eigenvalue weighted by Crippen LogP contribution is 2.45. The van der Waals surface area contributed by atoms with Crippen molar-refractivity contribution in [3.8, 4) is 0 Å². The Labute approximate surface area is 176 Å². The van der Waals surface area contributed by atoms with Crippen molar-refractivity contribution in [2.24, 2.45) is 10.8 Å². The number of rotatable bonds is 5. The minimum Gasteiger partial charge on any atom is -0.351 e. The number of hydrogen-bond acceptors (Lipinski definition) is 2. The van der Waals surface area contributed by atoms with Crippen molar-refractivity contribution >= 4 is 11.8 Å². The summed E-state index contributed by atoms with van der Waals surface area (Å²) in [6, 6.07) is 11.1. The Morgan fingerprint density at radius 3 is 2.07 bits per heavy atom. The van der Waals surface area contributed by atoms with Crippen molar-refractivity contribution in [1.29, 1.82) is 0 Å². The van der Waals surface area contributed by atoms with Crippen LogP contribution in [-0.4, -0.2) is 24.4 Å². The molecular formula is C24H28F2N2O2. The molecule has 0 unspecified atom stereocenters. The van der Waals surface area contributed by atoms with Crippen LogP contribution in [0.4, 0.5) is 8.78 Å². The van der Waals surface area contributed by atoms with Crippen molar-refractivity contribution in [2.75, 3.05) is 6.54 Å². The molecule has 0 aromatic heterocycles. The van der Waals surface area contributed by atoms with Crippen molar-refractivity contribution in [1.82, 2.24) is 10.6 Å². The highest BCUT2D eigenvalue weighted by molar-refractivity contribution is 5.94. The van der Waals surface area contributed by atoms with Gasteiger partial charge in [0.1, 0.15) is 11.6 Å². The Kier molecular flexibility index (Phi) is 6.25. The van der Waals surface area contributed by atoms with Crippen LogP contribution in [-0.2, 0) is 0 Å². The number of nitrogens with one attached hydrogen (secondary N) is 2. The first kappa shape index (κ1) is 21.9. The van der Waals surface area contributed by atoms with Crippen molar-refractivity contribution < 1.29 is 18.4 Å². The lowest BCUT2D eigenvalue weighted by molar-refractivity contribution is 0.0592. The predicted molar refractivity (Wildman–Crippen MR) is 112 cm³/mol. The van der Waals surface area contributed by atoms with E-state index in [4.69, 9.17) is 0 Å². The third-order valence-electron chi connectivity index (χ3n) is 5.63. The summed E-state index contributed by atoms with van der Waals surface area (Å²) in [5.74, 6) is -1.52. The molecule has 2 aromatic rings. The lowest BCUT2D eigenvalue weighted by Crippen LogP contribution is -2.50. The van der Waals surface area contributed by atoms with E-state index in [-0.39, 0.29) is 34.2 Å². The molecular weight excluding hydrogens is 386 g/mol. The van der Waals surface area contributed by atoms with Gasteiger partial charge in [0.2, 0.25) is 0 Å². The largest absolute Gasteiger partial charge is 0.351 e. The summed E-state index contributed by atoms with van der Waals surface area (Å²) >= 11 is 0. The summed E-state index contributed by atoms with van der Waals surface area (Å²) in [6.07, 6.45) is 2.35. The van der Waals surface area contributed by atoms with Gasteiger partial charge in [0.05, 0.1) is 0 Å². The van der Waals surface area contributed by atoms with Gasteiger partial charge in [0, 0.05) is 23.7 Å². The predicted octanol–water partition coefficient (Wildman–Crippen LogP) is 4.71. The Balaban J connectivity index is 1.67. The summed E-state index contributed by atoms with van der Waals surface area (Å²) in [6.45, 7) is 6.78. The summed E-state index contributed by atoms with van der Waals surface area (Å²) < 4.78 is 26.8.